The van der Waals surface area contributed by atoms with E-state index in [0.717, 1.165) is 22.9 Å². The van der Waals surface area contributed by atoms with Gasteiger partial charge in [0.05, 0.1) is 13.2 Å². The number of benzene rings is 2. The van der Waals surface area contributed by atoms with Gasteiger partial charge in [0.1, 0.15) is 5.75 Å². The fourth-order valence-electron chi connectivity index (χ4n) is 2.38. The van der Waals surface area contributed by atoms with Crippen LogP contribution in [0, 0.1) is 0 Å². The zero-order valence-corrected chi connectivity index (χ0v) is 10.9. The molecule has 0 aromatic heterocycles. The van der Waals surface area contributed by atoms with Crippen molar-refractivity contribution in [1.29, 1.82) is 0 Å². The summed E-state index contributed by atoms with van der Waals surface area (Å²) in [7, 11) is 1.68. The van der Waals surface area contributed by atoms with Crippen molar-refractivity contribution in [3.05, 3.63) is 58.6 Å². The minimum atomic E-state index is 0.297. The fourth-order valence-corrected chi connectivity index (χ4v) is 2.63. The maximum Gasteiger partial charge on any atom is 0.118 e. The highest BCUT2D eigenvalue weighted by molar-refractivity contribution is 6.31. The molecule has 18 heavy (non-hydrogen) atoms. The van der Waals surface area contributed by atoms with Crippen LogP contribution >= 0.6 is 11.6 Å². The van der Waals surface area contributed by atoms with Crippen LogP contribution in [0.15, 0.2) is 42.5 Å². The van der Waals surface area contributed by atoms with Crippen LogP contribution in [0.4, 0.5) is 5.69 Å². The first-order chi connectivity index (χ1) is 8.78. The summed E-state index contributed by atoms with van der Waals surface area (Å²) in [4.78, 5) is 0. The van der Waals surface area contributed by atoms with Crippen molar-refractivity contribution in [1.82, 2.24) is 0 Å². The van der Waals surface area contributed by atoms with Crippen molar-refractivity contribution in [3.63, 3.8) is 0 Å². The lowest BCUT2D eigenvalue weighted by atomic mass is 10.0. The Morgan fingerprint density at radius 2 is 1.94 bits per heavy atom. The molecule has 2 aromatic carbocycles. The second kappa shape index (κ2) is 4.54. The summed E-state index contributed by atoms with van der Waals surface area (Å²) in [6.45, 7) is 0. The smallest absolute Gasteiger partial charge is 0.118 e. The third-order valence-electron chi connectivity index (χ3n) is 3.38. The molecule has 0 bridgehead atoms. The maximum absolute atomic E-state index is 6.21. The Bertz CT molecular complexity index is 565. The SMILES string of the molecule is COc1ccc(C2Cc3c(Cl)cccc3N2)cc1. The predicted octanol–water partition coefficient (Wildman–Crippen LogP) is 4.06. The van der Waals surface area contributed by atoms with Gasteiger partial charge < -0.3 is 10.1 Å². The highest BCUT2D eigenvalue weighted by atomic mass is 35.5. The average Bonchev–Trinajstić information content (AvgIpc) is 2.84. The van der Waals surface area contributed by atoms with Gasteiger partial charge in [0.15, 0.2) is 0 Å². The van der Waals surface area contributed by atoms with Crippen LogP contribution < -0.4 is 10.1 Å². The Hall–Kier alpha value is -1.67. The normalized spacial score (nSPS) is 17.1. The highest BCUT2D eigenvalue weighted by Gasteiger charge is 2.23. The Morgan fingerprint density at radius 1 is 1.17 bits per heavy atom. The third-order valence-corrected chi connectivity index (χ3v) is 3.73. The molecule has 0 saturated heterocycles. The van der Waals surface area contributed by atoms with Gasteiger partial charge in [-0.05, 0) is 35.4 Å². The second-order valence-electron chi connectivity index (χ2n) is 4.44. The molecule has 1 aliphatic rings. The van der Waals surface area contributed by atoms with Gasteiger partial charge in [-0.15, -0.1) is 0 Å². The molecule has 0 saturated carbocycles. The molecule has 2 nitrogen and oxygen atoms in total. The second-order valence-corrected chi connectivity index (χ2v) is 4.85. The van der Waals surface area contributed by atoms with E-state index in [4.69, 9.17) is 16.3 Å². The zero-order chi connectivity index (χ0) is 12.5. The molecule has 1 atom stereocenters. The number of hydrogen-bond donors (Lipinski definition) is 1. The summed E-state index contributed by atoms with van der Waals surface area (Å²) in [5.74, 6) is 0.882. The van der Waals surface area contributed by atoms with Crippen molar-refractivity contribution in [3.8, 4) is 5.75 Å². The number of nitrogens with one attached hydrogen (secondary N) is 1. The van der Waals surface area contributed by atoms with E-state index in [1.165, 1.54) is 11.1 Å². The van der Waals surface area contributed by atoms with Gasteiger partial charge in [-0.2, -0.15) is 0 Å². The van der Waals surface area contributed by atoms with E-state index < -0.39 is 0 Å². The molecule has 1 heterocycles. The van der Waals surface area contributed by atoms with Crippen LogP contribution in [-0.4, -0.2) is 7.11 Å². The van der Waals surface area contributed by atoms with Crippen molar-refractivity contribution in [2.45, 2.75) is 12.5 Å². The number of halogens is 1. The maximum atomic E-state index is 6.21. The van der Waals surface area contributed by atoms with E-state index in [2.05, 4.69) is 23.5 Å². The van der Waals surface area contributed by atoms with E-state index in [1.807, 2.05) is 24.3 Å². The third kappa shape index (κ3) is 1.93. The Morgan fingerprint density at radius 3 is 2.61 bits per heavy atom. The standard InChI is InChI=1S/C15H14ClNO/c1-18-11-7-5-10(6-8-11)15-9-12-13(16)3-2-4-14(12)17-15/h2-8,15,17H,9H2,1H3. The molecule has 0 aliphatic carbocycles. The largest absolute Gasteiger partial charge is 0.497 e. The zero-order valence-electron chi connectivity index (χ0n) is 10.1. The molecule has 2 aromatic rings. The number of methoxy groups -OCH3 is 1. The lowest BCUT2D eigenvalue weighted by molar-refractivity contribution is 0.414. The summed E-state index contributed by atoms with van der Waals surface area (Å²) in [6, 6.07) is 14.5. The van der Waals surface area contributed by atoms with Crippen LogP contribution in [0.25, 0.3) is 0 Å². The molecule has 0 amide bonds. The molecule has 92 valence electrons. The van der Waals surface area contributed by atoms with Crippen LogP contribution in [0.5, 0.6) is 5.75 Å². The first-order valence-corrected chi connectivity index (χ1v) is 6.33. The summed E-state index contributed by atoms with van der Waals surface area (Å²) in [5.41, 5.74) is 3.60. The number of fused-ring (bicyclic) bond motifs is 1. The summed E-state index contributed by atoms with van der Waals surface area (Å²) < 4.78 is 5.17. The van der Waals surface area contributed by atoms with Crippen molar-refractivity contribution < 1.29 is 4.74 Å². The molecular weight excluding hydrogens is 246 g/mol. The first kappa shape index (κ1) is 11.4. The van der Waals surface area contributed by atoms with Crippen LogP contribution in [0.3, 0.4) is 0 Å². The Kier molecular flexibility index (Phi) is 2.88. The van der Waals surface area contributed by atoms with Gasteiger partial charge in [0, 0.05) is 17.1 Å². The van der Waals surface area contributed by atoms with Crippen molar-refractivity contribution >= 4 is 17.3 Å². The molecule has 1 N–H and O–H groups in total. The van der Waals surface area contributed by atoms with E-state index in [-0.39, 0.29) is 0 Å². The quantitative estimate of drug-likeness (QED) is 0.878. The topological polar surface area (TPSA) is 21.3 Å². The molecule has 3 rings (SSSR count). The minimum absolute atomic E-state index is 0.297. The van der Waals surface area contributed by atoms with E-state index in [0.29, 0.717) is 6.04 Å². The minimum Gasteiger partial charge on any atom is -0.497 e. The molecule has 0 fully saturated rings. The van der Waals surface area contributed by atoms with Gasteiger partial charge >= 0.3 is 0 Å². The predicted molar refractivity (Wildman–Crippen MR) is 74.5 cm³/mol. The van der Waals surface area contributed by atoms with Gasteiger partial charge in [-0.1, -0.05) is 29.8 Å². The lowest BCUT2D eigenvalue weighted by Crippen LogP contribution is -2.05. The molecular formula is C15H14ClNO. The fraction of sp³-hybridized carbons (Fsp3) is 0.200. The first-order valence-electron chi connectivity index (χ1n) is 5.96. The van der Waals surface area contributed by atoms with Gasteiger partial charge in [-0.3, -0.25) is 0 Å². The van der Waals surface area contributed by atoms with Crippen LogP contribution in [-0.2, 0) is 6.42 Å². The number of ether oxygens (including phenoxy) is 1. The summed E-state index contributed by atoms with van der Waals surface area (Å²) in [6.07, 6.45) is 0.932. The van der Waals surface area contributed by atoms with Gasteiger partial charge in [-0.25, -0.2) is 0 Å². The monoisotopic (exact) mass is 259 g/mol. The highest BCUT2D eigenvalue weighted by Crippen LogP contribution is 2.38. The van der Waals surface area contributed by atoms with E-state index >= 15 is 0 Å². The Balaban J connectivity index is 1.86. The summed E-state index contributed by atoms with van der Waals surface area (Å²) in [5, 5.41) is 4.35. The number of anilines is 1. The molecule has 3 heteroatoms. The number of hydrogen-bond acceptors (Lipinski definition) is 2. The molecule has 0 radical (unpaired) electrons. The van der Waals surface area contributed by atoms with Crippen LogP contribution in [0.1, 0.15) is 17.2 Å². The van der Waals surface area contributed by atoms with Crippen molar-refractivity contribution in [2.75, 3.05) is 12.4 Å². The van der Waals surface area contributed by atoms with Crippen molar-refractivity contribution in [2.24, 2.45) is 0 Å². The lowest BCUT2D eigenvalue weighted by Gasteiger charge is -2.12. The van der Waals surface area contributed by atoms with Crippen LogP contribution in [0.2, 0.25) is 5.02 Å². The molecule has 1 unspecified atom stereocenters. The van der Waals surface area contributed by atoms with E-state index in [9.17, 15) is 0 Å². The molecule has 0 spiro atoms. The van der Waals surface area contributed by atoms with E-state index in [1.54, 1.807) is 7.11 Å². The van der Waals surface area contributed by atoms with Gasteiger partial charge in [0.2, 0.25) is 0 Å². The Labute approximate surface area is 112 Å². The van der Waals surface area contributed by atoms with Gasteiger partial charge in [0.25, 0.3) is 0 Å². The summed E-state index contributed by atoms with van der Waals surface area (Å²) >= 11 is 6.21. The number of rotatable bonds is 2. The molecule has 1 aliphatic heterocycles. The average molecular weight is 260 g/mol.